The highest BCUT2D eigenvalue weighted by Gasteiger charge is 2.38. The summed E-state index contributed by atoms with van der Waals surface area (Å²) >= 11 is 16.1. The number of nitrogens with one attached hydrogen (secondary N) is 1. The van der Waals surface area contributed by atoms with E-state index in [1.807, 2.05) is 73.8 Å². The first kappa shape index (κ1) is 26.8. The quantitative estimate of drug-likeness (QED) is 0.254. The molecule has 0 unspecified atom stereocenters. The van der Waals surface area contributed by atoms with Crippen molar-refractivity contribution in [2.45, 2.75) is 31.6 Å². The molecule has 10 heteroatoms. The molecule has 1 aliphatic rings. The topological polar surface area (TPSA) is 67.2 Å². The molecule has 5 rings (SSSR count). The number of benzene rings is 2. The maximum Gasteiger partial charge on any atom is 0.240 e. The van der Waals surface area contributed by atoms with Crippen molar-refractivity contribution in [3.8, 4) is 16.3 Å². The van der Waals surface area contributed by atoms with Crippen LogP contribution in [0.1, 0.15) is 36.6 Å². The highest BCUT2D eigenvalue weighted by atomic mass is 35.5. The van der Waals surface area contributed by atoms with E-state index >= 15 is 0 Å². The Morgan fingerprint density at radius 3 is 2.68 bits per heavy atom. The largest absolute Gasteiger partial charge is 0.352 e. The first-order valence-electron chi connectivity index (χ1n) is 12.3. The van der Waals surface area contributed by atoms with E-state index in [9.17, 15) is 9.59 Å². The number of nitrogens with zero attached hydrogens (tertiary/aromatic N) is 3. The average Bonchev–Trinajstić information content (AvgIpc) is 3.53. The number of carbonyl (C=O) groups is 2. The number of thioether (sulfide) groups is 1. The van der Waals surface area contributed by atoms with Gasteiger partial charge in [0.15, 0.2) is 0 Å². The summed E-state index contributed by atoms with van der Waals surface area (Å²) in [5.74, 6) is 0.329. The molecule has 0 aliphatic carbocycles. The number of thiophene rings is 1. The second-order valence-electron chi connectivity index (χ2n) is 9.03. The molecule has 3 heterocycles. The van der Waals surface area contributed by atoms with Crippen LogP contribution in [-0.4, -0.2) is 39.9 Å². The molecule has 2 amide bonds. The number of halogens is 2. The van der Waals surface area contributed by atoms with Crippen molar-refractivity contribution in [3.05, 3.63) is 87.2 Å². The molecule has 1 aliphatic heterocycles. The Morgan fingerprint density at radius 1 is 1.16 bits per heavy atom. The molecule has 2 aromatic carbocycles. The van der Waals surface area contributed by atoms with Crippen LogP contribution in [0, 0.1) is 0 Å². The Hall–Kier alpha value is -2.78. The summed E-state index contributed by atoms with van der Waals surface area (Å²) in [6.45, 7) is 3.83. The Balaban J connectivity index is 1.78. The first-order valence-corrected chi connectivity index (χ1v) is 14.9. The van der Waals surface area contributed by atoms with Gasteiger partial charge in [-0.25, -0.2) is 4.68 Å². The molecule has 0 bridgehead atoms. The first-order chi connectivity index (χ1) is 18.4. The Kier molecular flexibility index (Phi) is 8.14. The lowest BCUT2D eigenvalue weighted by molar-refractivity contribution is -0.123. The Morgan fingerprint density at radius 2 is 1.97 bits per heavy atom. The molecule has 0 saturated heterocycles. The average molecular weight is 586 g/mol. The molecule has 4 aromatic rings. The standard InChI is InChI=1S/C28H26Cl2N4O2S2/c1-3-17(2)31-23(35)15-33-24(36)16-38-27(18-8-6-9-19(29)14-18)25-26(22-12-7-13-37-22)32-34(28(25)33)21-11-5-4-10-20(21)30/h4-14,17,27H,3,15-16H2,1-2H3,(H,31,35)/t17-,27-/m1/s1. The van der Waals surface area contributed by atoms with E-state index in [-0.39, 0.29) is 35.4 Å². The number of hydrogen-bond acceptors (Lipinski definition) is 5. The second kappa shape index (κ2) is 11.5. The molecule has 1 N–H and O–H groups in total. The molecule has 0 saturated carbocycles. The van der Waals surface area contributed by atoms with Gasteiger partial charge in [-0.2, -0.15) is 5.10 Å². The van der Waals surface area contributed by atoms with Crippen LogP contribution in [0.2, 0.25) is 10.0 Å². The van der Waals surface area contributed by atoms with Gasteiger partial charge >= 0.3 is 0 Å². The van der Waals surface area contributed by atoms with Crippen LogP contribution in [0.3, 0.4) is 0 Å². The van der Waals surface area contributed by atoms with E-state index in [2.05, 4.69) is 5.32 Å². The maximum atomic E-state index is 13.7. The van der Waals surface area contributed by atoms with E-state index in [4.69, 9.17) is 28.3 Å². The molecule has 196 valence electrons. The maximum absolute atomic E-state index is 13.7. The molecular weight excluding hydrogens is 559 g/mol. The van der Waals surface area contributed by atoms with Crippen molar-refractivity contribution in [1.29, 1.82) is 0 Å². The summed E-state index contributed by atoms with van der Waals surface area (Å²) in [5.41, 5.74) is 3.18. The predicted octanol–water partition coefficient (Wildman–Crippen LogP) is 6.99. The van der Waals surface area contributed by atoms with E-state index in [1.165, 1.54) is 11.8 Å². The number of amides is 2. The Labute approximate surface area is 239 Å². The summed E-state index contributed by atoms with van der Waals surface area (Å²) in [7, 11) is 0. The van der Waals surface area contributed by atoms with Crippen LogP contribution in [0.5, 0.6) is 0 Å². The monoisotopic (exact) mass is 584 g/mol. The lowest BCUT2D eigenvalue weighted by atomic mass is 10.0. The molecule has 2 aromatic heterocycles. The van der Waals surface area contributed by atoms with Gasteiger partial charge in [0.05, 0.1) is 26.6 Å². The molecule has 0 spiro atoms. The lowest BCUT2D eigenvalue weighted by Gasteiger charge is -2.24. The fourth-order valence-corrected chi connectivity index (χ4v) is 6.73. The summed E-state index contributed by atoms with van der Waals surface area (Å²) in [6, 6.07) is 19.0. The van der Waals surface area contributed by atoms with Gasteiger partial charge in [0.1, 0.15) is 18.1 Å². The van der Waals surface area contributed by atoms with Crippen LogP contribution in [0.15, 0.2) is 66.0 Å². The minimum absolute atomic E-state index is 0.00667. The van der Waals surface area contributed by atoms with Crippen LogP contribution in [0.4, 0.5) is 5.82 Å². The normalized spacial score (nSPS) is 16.2. The van der Waals surface area contributed by atoms with Crippen molar-refractivity contribution in [2.24, 2.45) is 0 Å². The smallest absolute Gasteiger partial charge is 0.240 e. The number of para-hydroxylation sites is 1. The van der Waals surface area contributed by atoms with E-state index in [1.54, 1.807) is 27.0 Å². The number of rotatable bonds is 7. The van der Waals surface area contributed by atoms with Gasteiger partial charge < -0.3 is 5.32 Å². The third kappa shape index (κ3) is 5.36. The fraction of sp³-hybridized carbons (Fsp3) is 0.250. The number of fused-ring (bicyclic) bond motifs is 1. The second-order valence-corrected chi connectivity index (χ2v) is 11.9. The highest BCUT2D eigenvalue weighted by Crippen LogP contribution is 2.49. The minimum atomic E-state index is -0.247. The van der Waals surface area contributed by atoms with Crippen LogP contribution < -0.4 is 10.2 Å². The van der Waals surface area contributed by atoms with Gasteiger partial charge in [-0.1, -0.05) is 60.5 Å². The van der Waals surface area contributed by atoms with Crippen molar-refractivity contribution in [1.82, 2.24) is 15.1 Å². The SMILES string of the molecule is CC[C@@H](C)NC(=O)CN1C(=O)CS[C@H](c2cccc(Cl)c2)c2c(-c3cccs3)nn(-c3ccccc3Cl)c21. The van der Waals surface area contributed by atoms with E-state index < -0.39 is 0 Å². The van der Waals surface area contributed by atoms with Gasteiger partial charge in [-0.3, -0.25) is 14.5 Å². The zero-order chi connectivity index (χ0) is 26.8. The fourth-order valence-electron chi connectivity index (χ4n) is 4.40. The third-order valence-electron chi connectivity index (χ3n) is 6.40. The van der Waals surface area contributed by atoms with Crippen LogP contribution >= 0.6 is 46.3 Å². The van der Waals surface area contributed by atoms with Gasteiger partial charge in [0.2, 0.25) is 11.8 Å². The lowest BCUT2D eigenvalue weighted by Crippen LogP contribution is -2.44. The Bertz CT molecular complexity index is 1470. The van der Waals surface area contributed by atoms with E-state index in [0.717, 1.165) is 28.1 Å². The van der Waals surface area contributed by atoms with Crippen molar-refractivity contribution < 1.29 is 9.59 Å². The molecule has 2 atom stereocenters. The number of hydrogen-bond donors (Lipinski definition) is 1. The summed E-state index contributed by atoms with van der Waals surface area (Å²) in [4.78, 5) is 29.3. The molecule has 38 heavy (non-hydrogen) atoms. The number of aromatic nitrogens is 2. The molecule has 6 nitrogen and oxygen atoms in total. The third-order valence-corrected chi connectivity index (χ3v) is 9.08. The highest BCUT2D eigenvalue weighted by molar-refractivity contribution is 8.00. The van der Waals surface area contributed by atoms with Gasteiger partial charge in [-0.05, 0) is 54.6 Å². The molecule has 0 fully saturated rings. The summed E-state index contributed by atoms with van der Waals surface area (Å²) < 4.78 is 1.71. The molecular formula is C28H26Cl2N4O2S2. The predicted molar refractivity (Wildman–Crippen MR) is 158 cm³/mol. The van der Waals surface area contributed by atoms with Crippen LogP contribution in [0.25, 0.3) is 16.3 Å². The minimum Gasteiger partial charge on any atom is -0.352 e. The van der Waals surface area contributed by atoms with Crippen molar-refractivity contribution >= 4 is 63.9 Å². The zero-order valence-electron chi connectivity index (χ0n) is 20.9. The van der Waals surface area contributed by atoms with Gasteiger partial charge in [0.25, 0.3) is 0 Å². The summed E-state index contributed by atoms with van der Waals surface area (Å²) in [6.07, 6.45) is 0.789. The summed E-state index contributed by atoms with van der Waals surface area (Å²) in [5, 5.41) is 10.9. The number of anilines is 1. The zero-order valence-corrected chi connectivity index (χ0v) is 24.0. The number of carbonyl (C=O) groups excluding carboxylic acids is 2. The van der Waals surface area contributed by atoms with Crippen LogP contribution in [-0.2, 0) is 9.59 Å². The van der Waals surface area contributed by atoms with Crippen molar-refractivity contribution in [2.75, 3.05) is 17.2 Å². The van der Waals surface area contributed by atoms with Gasteiger partial charge in [0, 0.05) is 16.6 Å². The molecule has 0 radical (unpaired) electrons. The van der Waals surface area contributed by atoms with Gasteiger partial charge in [-0.15, -0.1) is 23.1 Å². The van der Waals surface area contributed by atoms with E-state index in [0.29, 0.717) is 21.6 Å². The van der Waals surface area contributed by atoms with Crippen molar-refractivity contribution in [3.63, 3.8) is 0 Å².